The SMILES string of the molecule is CC(=NNC(=O)CCN(C)C)c1ccc2c(c1)c1cc(C(C)=NNC(=O)CCN(C)C)ccc1n2C.CC(=O)O. The third kappa shape index (κ3) is 9.58. The van der Waals surface area contributed by atoms with Gasteiger partial charge >= 0.3 is 0 Å². The van der Waals surface area contributed by atoms with E-state index >= 15 is 0 Å². The lowest BCUT2D eigenvalue weighted by molar-refractivity contribution is -0.134. The lowest BCUT2D eigenvalue weighted by atomic mass is 10.0. The molecule has 0 aliphatic rings. The number of carboxylic acid groups (broad SMARTS) is 1. The third-order valence-corrected chi connectivity index (χ3v) is 6.11. The van der Waals surface area contributed by atoms with Crippen LogP contribution in [0.3, 0.4) is 0 Å². The smallest absolute Gasteiger partial charge is 0.300 e. The van der Waals surface area contributed by atoms with Crippen LogP contribution in [0.25, 0.3) is 21.8 Å². The molecular weight excluding hydrogens is 510 g/mol. The Balaban J connectivity index is 0.00000131. The molecule has 0 aliphatic carbocycles. The van der Waals surface area contributed by atoms with Crippen LogP contribution in [-0.2, 0) is 21.4 Å². The van der Waals surface area contributed by atoms with Gasteiger partial charge in [0.05, 0.1) is 11.4 Å². The van der Waals surface area contributed by atoms with Gasteiger partial charge in [-0.1, -0.05) is 12.1 Å². The average molecular weight is 552 g/mol. The molecule has 0 aliphatic heterocycles. The number of rotatable bonds is 10. The summed E-state index contributed by atoms with van der Waals surface area (Å²) in [7, 11) is 9.78. The van der Waals surface area contributed by atoms with E-state index in [0.29, 0.717) is 25.9 Å². The molecule has 0 radical (unpaired) electrons. The topological polar surface area (TPSA) is 132 Å². The number of hydrogen-bond acceptors (Lipinski definition) is 7. The Morgan fingerprint density at radius 2 is 1.10 bits per heavy atom. The van der Waals surface area contributed by atoms with Gasteiger partial charge in [0.1, 0.15) is 0 Å². The van der Waals surface area contributed by atoms with Crippen LogP contribution in [0.2, 0.25) is 0 Å². The van der Waals surface area contributed by atoms with Crippen molar-refractivity contribution in [3.05, 3.63) is 47.5 Å². The molecule has 0 atom stereocenters. The maximum Gasteiger partial charge on any atom is 0.300 e. The Kier molecular flexibility index (Phi) is 12.0. The summed E-state index contributed by atoms with van der Waals surface area (Å²) in [6.45, 7) is 6.21. The van der Waals surface area contributed by atoms with Gasteiger partial charge in [-0.2, -0.15) is 10.2 Å². The van der Waals surface area contributed by atoms with E-state index in [1.807, 2.05) is 71.0 Å². The maximum absolute atomic E-state index is 12.0. The van der Waals surface area contributed by atoms with Crippen LogP contribution in [0.5, 0.6) is 0 Å². The largest absolute Gasteiger partial charge is 0.481 e. The number of amides is 2. The molecule has 0 spiro atoms. The highest BCUT2D eigenvalue weighted by atomic mass is 16.4. The molecule has 1 aromatic heterocycles. The van der Waals surface area contributed by atoms with Gasteiger partial charge in [-0.15, -0.1) is 0 Å². The molecule has 0 saturated heterocycles. The first kappa shape index (κ1) is 32.1. The van der Waals surface area contributed by atoms with E-state index in [2.05, 4.69) is 49.9 Å². The fourth-order valence-electron chi connectivity index (χ4n) is 3.85. The van der Waals surface area contributed by atoms with Gasteiger partial charge in [-0.25, -0.2) is 10.9 Å². The summed E-state index contributed by atoms with van der Waals surface area (Å²) in [6, 6.07) is 12.4. The number of nitrogens with one attached hydrogen (secondary N) is 2. The molecule has 1 heterocycles. The lowest BCUT2D eigenvalue weighted by Crippen LogP contribution is -2.24. The van der Waals surface area contributed by atoms with Crippen LogP contribution < -0.4 is 10.9 Å². The fourth-order valence-corrected chi connectivity index (χ4v) is 3.85. The van der Waals surface area contributed by atoms with Crippen LogP contribution in [0, 0.1) is 0 Å². The van der Waals surface area contributed by atoms with Crippen molar-refractivity contribution in [1.82, 2.24) is 25.2 Å². The van der Waals surface area contributed by atoms with Gasteiger partial charge in [0.25, 0.3) is 5.97 Å². The number of aryl methyl sites for hydroxylation is 1. The Bertz CT molecular complexity index is 1320. The zero-order valence-electron chi connectivity index (χ0n) is 24.7. The van der Waals surface area contributed by atoms with Crippen molar-refractivity contribution in [2.75, 3.05) is 41.3 Å². The van der Waals surface area contributed by atoms with Crippen molar-refractivity contribution in [3.63, 3.8) is 0 Å². The summed E-state index contributed by atoms with van der Waals surface area (Å²) in [5.74, 6) is -1.05. The summed E-state index contributed by atoms with van der Waals surface area (Å²) < 4.78 is 2.16. The Morgan fingerprint density at radius 1 is 0.750 bits per heavy atom. The molecule has 3 N–H and O–H groups in total. The molecule has 0 fully saturated rings. The number of nitrogens with zero attached hydrogens (tertiary/aromatic N) is 5. The molecule has 216 valence electrons. The second-order valence-electron chi connectivity index (χ2n) is 10.1. The summed E-state index contributed by atoms with van der Waals surface area (Å²) in [4.78, 5) is 37.0. The van der Waals surface area contributed by atoms with Crippen LogP contribution in [-0.4, -0.2) is 90.0 Å². The molecule has 11 nitrogen and oxygen atoms in total. The minimum atomic E-state index is -0.833. The van der Waals surface area contributed by atoms with Crippen molar-refractivity contribution in [2.45, 2.75) is 33.6 Å². The summed E-state index contributed by atoms with van der Waals surface area (Å²) in [6.07, 6.45) is 0.790. The second-order valence-corrected chi connectivity index (χ2v) is 10.1. The minimum absolute atomic E-state index is 0.109. The van der Waals surface area contributed by atoms with Gasteiger partial charge in [0, 0.05) is 61.7 Å². The standard InChI is InChI=1S/C27H37N7O2.C2H4O2/c1-18(28-30-26(35)12-14-32(3)4)20-8-10-24-22(16-20)23-17-21(9-11-25(23)34(24)7)19(2)29-31-27(36)13-15-33(5)6;1-2(3)4/h8-11,16-17H,12-15H2,1-7H3,(H,30,35)(H,31,36);1H3,(H,3,4). The van der Waals surface area contributed by atoms with Crippen molar-refractivity contribution in [1.29, 1.82) is 0 Å². The zero-order valence-corrected chi connectivity index (χ0v) is 24.7. The highest BCUT2D eigenvalue weighted by Gasteiger charge is 2.12. The molecule has 0 unspecified atom stereocenters. The van der Waals surface area contributed by atoms with Gasteiger partial charge < -0.3 is 19.5 Å². The number of hydrogen-bond donors (Lipinski definition) is 3. The summed E-state index contributed by atoms with van der Waals surface area (Å²) in [5, 5.41) is 18.2. The number of aromatic nitrogens is 1. The third-order valence-electron chi connectivity index (χ3n) is 6.11. The first-order valence-corrected chi connectivity index (χ1v) is 13.0. The summed E-state index contributed by atoms with van der Waals surface area (Å²) >= 11 is 0. The number of fused-ring (bicyclic) bond motifs is 3. The molecule has 0 bridgehead atoms. The van der Waals surface area contributed by atoms with E-state index in [4.69, 9.17) is 9.90 Å². The van der Waals surface area contributed by atoms with Crippen molar-refractivity contribution < 1.29 is 19.5 Å². The van der Waals surface area contributed by atoms with Crippen molar-refractivity contribution in [3.8, 4) is 0 Å². The lowest BCUT2D eigenvalue weighted by Gasteiger charge is -2.08. The molecular formula is C29H41N7O4. The van der Waals surface area contributed by atoms with E-state index in [1.165, 1.54) is 0 Å². The number of carboxylic acids is 1. The molecule has 2 aromatic carbocycles. The van der Waals surface area contributed by atoms with E-state index in [0.717, 1.165) is 51.3 Å². The maximum atomic E-state index is 12.0. The predicted molar refractivity (Wildman–Crippen MR) is 161 cm³/mol. The zero-order chi connectivity index (χ0) is 30.0. The van der Waals surface area contributed by atoms with E-state index in [1.54, 1.807) is 0 Å². The molecule has 3 rings (SSSR count). The predicted octanol–water partition coefficient (Wildman–Crippen LogP) is 3.01. The number of benzene rings is 2. The van der Waals surface area contributed by atoms with E-state index in [-0.39, 0.29) is 11.8 Å². The minimum Gasteiger partial charge on any atom is -0.481 e. The average Bonchev–Trinajstić information content (AvgIpc) is 3.18. The highest BCUT2D eigenvalue weighted by Crippen LogP contribution is 2.30. The Hall–Kier alpha value is -4.09. The van der Waals surface area contributed by atoms with Crippen LogP contribution in [0.4, 0.5) is 0 Å². The number of hydrazone groups is 2. The van der Waals surface area contributed by atoms with Gasteiger partial charge in [0.2, 0.25) is 11.8 Å². The molecule has 2 amide bonds. The summed E-state index contributed by atoms with van der Waals surface area (Å²) in [5.41, 5.74) is 10.9. The number of carbonyl (C=O) groups is 3. The van der Waals surface area contributed by atoms with Gasteiger partial charge in [-0.05, 0) is 77.4 Å². The Labute approximate surface area is 235 Å². The van der Waals surface area contributed by atoms with Gasteiger partial charge in [-0.3, -0.25) is 14.4 Å². The Morgan fingerprint density at radius 3 is 1.43 bits per heavy atom. The number of aliphatic carboxylic acids is 1. The van der Waals surface area contributed by atoms with Crippen LogP contribution >= 0.6 is 0 Å². The first-order chi connectivity index (χ1) is 18.8. The van der Waals surface area contributed by atoms with Gasteiger partial charge in [0.15, 0.2) is 0 Å². The monoisotopic (exact) mass is 551 g/mol. The molecule has 0 saturated carbocycles. The highest BCUT2D eigenvalue weighted by molar-refractivity contribution is 6.13. The number of carbonyl (C=O) groups excluding carboxylic acids is 2. The normalized spacial score (nSPS) is 12.1. The molecule has 3 aromatic rings. The van der Waals surface area contributed by atoms with Crippen LogP contribution in [0.1, 0.15) is 44.7 Å². The quantitative estimate of drug-likeness (QED) is 0.262. The van der Waals surface area contributed by atoms with E-state index < -0.39 is 5.97 Å². The van der Waals surface area contributed by atoms with E-state index in [9.17, 15) is 9.59 Å². The fraction of sp³-hybridized carbons (Fsp3) is 0.414. The van der Waals surface area contributed by atoms with Crippen molar-refractivity contribution in [2.24, 2.45) is 17.3 Å². The molecule has 11 heteroatoms. The van der Waals surface area contributed by atoms with Crippen LogP contribution in [0.15, 0.2) is 46.6 Å². The molecule has 40 heavy (non-hydrogen) atoms. The first-order valence-electron chi connectivity index (χ1n) is 13.0. The van der Waals surface area contributed by atoms with Crippen molar-refractivity contribution >= 4 is 51.0 Å². The second kappa shape index (κ2) is 14.9.